The van der Waals surface area contributed by atoms with Crippen molar-refractivity contribution in [3.8, 4) is 0 Å². The van der Waals surface area contributed by atoms with E-state index in [9.17, 15) is 0 Å². The maximum Gasteiger partial charge on any atom is 0.223 e. The van der Waals surface area contributed by atoms with Gasteiger partial charge in [-0.1, -0.05) is 18.5 Å². The summed E-state index contributed by atoms with van der Waals surface area (Å²) < 4.78 is 4.87. The fourth-order valence-electron chi connectivity index (χ4n) is 1.24. The van der Waals surface area contributed by atoms with Crippen molar-refractivity contribution in [3.63, 3.8) is 0 Å². The lowest BCUT2D eigenvalue weighted by atomic mass is 10.3. The van der Waals surface area contributed by atoms with Crippen LogP contribution >= 0.6 is 0 Å². The fourth-order valence-corrected chi connectivity index (χ4v) is 1.24. The molecule has 0 bridgehead atoms. The van der Waals surface area contributed by atoms with Gasteiger partial charge in [0.15, 0.2) is 5.82 Å². The minimum atomic E-state index is 0.578. The SMILES string of the molecule is CCCCN=C(NN)NCCc1noc(C)n1. The third-order valence-corrected chi connectivity index (χ3v) is 2.13. The van der Waals surface area contributed by atoms with Gasteiger partial charge >= 0.3 is 0 Å². The van der Waals surface area contributed by atoms with Gasteiger partial charge in [-0.15, -0.1) is 0 Å². The second-order valence-electron chi connectivity index (χ2n) is 3.63. The van der Waals surface area contributed by atoms with Crippen LogP contribution in [-0.2, 0) is 6.42 Å². The van der Waals surface area contributed by atoms with Crippen LogP contribution in [0.4, 0.5) is 0 Å². The quantitative estimate of drug-likeness (QED) is 0.215. The van der Waals surface area contributed by atoms with E-state index in [1.54, 1.807) is 6.92 Å². The van der Waals surface area contributed by atoms with Gasteiger partial charge in [-0.05, 0) is 6.42 Å². The van der Waals surface area contributed by atoms with Gasteiger partial charge in [0.2, 0.25) is 11.9 Å². The second kappa shape index (κ2) is 7.61. The Morgan fingerprint density at radius 2 is 2.35 bits per heavy atom. The van der Waals surface area contributed by atoms with Gasteiger partial charge in [0, 0.05) is 26.4 Å². The highest BCUT2D eigenvalue weighted by Gasteiger charge is 2.02. The Morgan fingerprint density at radius 1 is 1.53 bits per heavy atom. The van der Waals surface area contributed by atoms with E-state index in [1.807, 2.05) is 0 Å². The zero-order chi connectivity index (χ0) is 12.5. The Morgan fingerprint density at radius 3 is 2.94 bits per heavy atom. The zero-order valence-electron chi connectivity index (χ0n) is 10.4. The molecule has 7 nitrogen and oxygen atoms in total. The van der Waals surface area contributed by atoms with Crippen LogP contribution in [0.1, 0.15) is 31.5 Å². The molecule has 0 aliphatic rings. The fraction of sp³-hybridized carbons (Fsp3) is 0.700. The molecule has 17 heavy (non-hydrogen) atoms. The first-order valence-electron chi connectivity index (χ1n) is 5.80. The van der Waals surface area contributed by atoms with Crippen LogP contribution in [0, 0.1) is 6.92 Å². The van der Waals surface area contributed by atoms with Gasteiger partial charge in [-0.25, -0.2) is 5.84 Å². The summed E-state index contributed by atoms with van der Waals surface area (Å²) >= 11 is 0. The highest BCUT2D eigenvalue weighted by Crippen LogP contribution is 1.94. The molecule has 0 spiro atoms. The molecule has 7 heteroatoms. The van der Waals surface area contributed by atoms with Crippen molar-refractivity contribution in [3.05, 3.63) is 11.7 Å². The maximum atomic E-state index is 5.35. The number of rotatable bonds is 6. The monoisotopic (exact) mass is 240 g/mol. The van der Waals surface area contributed by atoms with Crippen LogP contribution in [0.2, 0.25) is 0 Å². The molecule has 1 rings (SSSR count). The minimum absolute atomic E-state index is 0.578. The van der Waals surface area contributed by atoms with Gasteiger partial charge < -0.3 is 9.84 Å². The number of hydrogen-bond donors (Lipinski definition) is 3. The number of nitrogens with one attached hydrogen (secondary N) is 2. The Bertz CT molecular complexity index is 348. The molecule has 0 unspecified atom stereocenters. The maximum absolute atomic E-state index is 5.35. The lowest BCUT2D eigenvalue weighted by Crippen LogP contribution is -2.42. The van der Waals surface area contributed by atoms with Crippen LogP contribution < -0.4 is 16.6 Å². The van der Waals surface area contributed by atoms with Gasteiger partial charge in [0.05, 0.1) is 0 Å². The van der Waals surface area contributed by atoms with Crippen molar-refractivity contribution in [2.45, 2.75) is 33.1 Å². The number of guanidine groups is 1. The summed E-state index contributed by atoms with van der Waals surface area (Å²) in [6, 6.07) is 0. The highest BCUT2D eigenvalue weighted by atomic mass is 16.5. The third-order valence-electron chi connectivity index (χ3n) is 2.13. The number of nitrogens with two attached hydrogens (primary N) is 1. The molecular weight excluding hydrogens is 220 g/mol. The standard InChI is InChI=1S/C10H20N6O/c1-3-4-6-12-10(15-11)13-7-5-9-14-8(2)17-16-9/h3-7,11H2,1-2H3,(H2,12,13,15). The lowest BCUT2D eigenvalue weighted by Gasteiger charge is -2.07. The van der Waals surface area contributed by atoms with Crippen molar-refractivity contribution in [2.75, 3.05) is 13.1 Å². The summed E-state index contributed by atoms with van der Waals surface area (Å²) in [5.74, 6) is 7.20. The number of aromatic nitrogens is 2. The van der Waals surface area contributed by atoms with E-state index in [0.29, 0.717) is 30.6 Å². The number of aliphatic imine (C=N–C) groups is 1. The average molecular weight is 240 g/mol. The summed E-state index contributed by atoms with van der Waals surface area (Å²) in [7, 11) is 0. The van der Waals surface area contributed by atoms with Crippen molar-refractivity contribution in [1.29, 1.82) is 0 Å². The lowest BCUT2D eigenvalue weighted by molar-refractivity contribution is 0.387. The number of nitrogens with zero attached hydrogens (tertiary/aromatic N) is 3. The Hall–Kier alpha value is -1.63. The highest BCUT2D eigenvalue weighted by molar-refractivity contribution is 5.79. The number of unbranched alkanes of at least 4 members (excludes halogenated alkanes) is 1. The predicted octanol–water partition coefficient (Wildman–Crippen LogP) is 0.130. The topological polar surface area (TPSA) is 101 Å². The van der Waals surface area contributed by atoms with Crippen LogP contribution in [-0.4, -0.2) is 29.2 Å². The molecule has 0 saturated carbocycles. The molecule has 0 radical (unpaired) electrons. The minimum Gasteiger partial charge on any atom is -0.355 e. The average Bonchev–Trinajstić information content (AvgIpc) is 2.73. The summed E-state index contributed by atoms with van der Waals surface area (Å²) in [5.41, 5.74) is 2.53. The van der Waals surface area contributed by atoms with E-state index in [2.05, 4.69) is 32.8 Å². The Kier molecular flexibility index (Phi) is 6.02. The molecule has 0 fully saturated rings. The molecule has 96 valence electrons. The normalized spacial score (nSPS) is 11.6. The van der Waals surface area contributed by atoms with Crippen molar-refractivity contribution in [2.24, 2.45) is 10.8 Å². The number of aryl methyl sites for hydroxylation is 1. The van der Waals surface area contributed by atoms with Crippen molar-refractivity contribution < 1.29 is 4.52 Å². The molecule has 1 heterocycles. The first kappa shape index (κ1) is 13.4. The van der Waals surface area contributed by atoms with E-state index in [1.165, 1.54) is 0 Å². The smallest absolute Gasteiger partial charge is 0.223 e. The zero-order valence-corrected chi connectivity index (χ0v) is 10.4. The van der Waals surface area contributed by atoms with E-state index < -0.39 is 0 Å². The van der Waals surface area contributed by atoms with E-state index in [4.69, 9.17) is 10.4 Å². The predicted molar refractivity (Wildman–Crippen MR) is 65.3 cm³/mol. The Balaban J connectivity index is 2.25. The molecule has 4 N–H and O–H groups in total. The molecule has 1 aromatic rings. The first-order valence-corrected chi connectivity index (χ1v) is 5.80. The van der Waals surface area contributed by atoms with E-state index in [0.717, 1.165) is 19.4 Å². The van der Waals surface area contributed by atoms with E-state index >= 15 is 0 Å². The third kappa shape index (κ3) is 5.30. The van der Waals surface area contributed by atoms with Crippen LogP contribution in [0.3, 0.4) is 0 Å². The molecule has 0 saturated heterocycles. The van der Waals surface area contributed by atoms with Crippen LogP contribution in [0.25, 0.3) is 0 Å². The van der Waals surface area contributed by atoms with Crippen LogP contribution in [0.15, 0.2) is 9.52 Å². The van der Waals surface area contributed by atoms with Gasteiger partial charge in [0.25, 0.3) is 0 Å². The molecule has 0 atom stereocenters. The largest absolute Gasteiger partial charge is 0.355 e. The molecule has 0 amide bonds. The summed E-state index contributed by atoms with van der Waals surface area (Å²) in [6.45, 7) is 5.32. The molecule has 0 aliphatic carbocycles. The molecule has 0 aliphatic heterocycles. The van der Waals surface area contributed by atoms with Gasteiger partial charge in [0.1, 0.15) is 0 Å². The number of hydrazine groups is 1. The molecular formula is C10H20N6O. The second-order valence-corrected chi connectivity index (χ2v) is 3.63. The molecule has 0 aromatic carbocycles. The summed E-state index contributed by atoms with van der Waals surface area (Å²) in [5, 5.41) is 6.87. The molecule has 1 aromatic heterocycles. The van der Waals surface area contributed by atoms with Crippen molar-refractivity contribution in [1.82, 2.24) is 20.9 Å². The summed E-state index contributed by atoms with van der Waals surface area (Å²) in [6.07, 6.45) is 2.84. The summed E-state index contributed by atoms with van der Waals surface area (Å²) in [4.78, 5) is 8.37. The van der Waals surface area contributed by atoms with Gasteiger partial charge in [-0.2, -0.15) is 4.98 Å². The van der Waals surface area contributed by atoms with Crippen LogP contribution in [0.5, 0.6) is 0 Å². The first-order chi connectivity index (χ1) is 8.26. The number of hydrogen-bond acceptors (Lipinski definition) is 5. The Labute approximate surface area is 101 Å². The van der Waals surface area contributed by atoms with Gasteiger partial charge in [-0.3, -0.25) is 10.4 Å². The van der Waals surface area contributed by atoms with Crippen molar-refractivity contribution >= 4 is 5.96 Å². The van der Waals surface area contributed by atoms with E-state index in [-0.39, 0.29) is 0 Å².